The Morgan fingerprint density at radius 2 is 1.85 bits per heavy atom. The summed E-state index contributed by atoms with van der Waals surface area (Å²) >= 11 is 0. The van der Waals surface area contributed by atoms with Crippen molar-refractivity contribution in [3.63, 3.8) is 0 Å². The molecule has 0 radical (unpaired) electrons. The van der Waals surface area contributed by atoms with Gasteiger partial charge in [-0.2, -0.15) is 0 Å². The van der Waals surface area contributed by atoms with E-state index in [0.717, 1.165) is 61.8 Å². The summed E-state index contributed by atoms with van der Waals surface area (Å²) in [7, 11) is 0. The van der Waals surface area contributed by atoms with Crippen molar-refractivity contribution in [3.8, 4) is 11.5 Å². The number of nitrogens with zero attached hydrogens (tertiary/aromatic N) is 3. The SMILES string of the molecule is CCNC(=NCc1coc(-c2ccccc2)n1)NC1CCN(Cc2ccc(F)cc2)CC1.I. The van der Waals surface area contributed by atoms with E-state index in [-0.39, 0.29) is 29.8 Å². The van der Waals surface area contributed by atoms with Crippen LogP contribution in [-0.4, -0.2) is 41.5 Å². The molecule has 1 fully saturated rings. The second kappa shape index (κ2) is 12.7. The third-order valence-corrected chi connectivity index (χ3v) is 5.56. The van der Waals surface area contributed by atoms with Crippen molar-refractivity contribution >= 4 is 29.9 Å². The van der Waals surface area contributed by atoms with Crippen molar-refractivity contribution in [2.75, 3.05) is 19.6 Å². The third-order valence-electron chi connectivity index (χ3n) is 5.56. The summed E-state index contributed by atoms with van der Waals surface area (Å²) in [6.07, 6.45) is 3.74. The minimum absolute atomic E-state index is 0. The summed E-state index contributed by atoms with van der Waals surface area (Å²) < 4.78 is 18.7. The van der Waals surface area contributed by atoms with Crippen LogP contribution in [0.15, 0.2) is 70.3 Å². The molecule has 2 heterocycles. The molecule has 0 bridgehead atoms. The first kappa shape index (κ1) is 25.2. The number of halogens is 2. The Morgan fingerprint density at radius 1 is 1.12 bits per heavy atom. The fraction of sp³-hybridized carbons (Fsp3) is 0.360. The van der Waals surface area contributed by atoms with Crippen LogP contribution in [0.3, 0.4) is 0 Å². The summed E-state index contributed by atoms with van der Waals surface area (Å²) in [4.78, 5) is 11.7. The molecular formula is C25H31FIN5O. The molecule has 0 spiro atoms. The molecule has 0 amide bonds. The monoisotopic (exact) mass is 563 g/mol. The highest BCUT2D eigenvalue weighted by Crippen LogP contribution is 2.18. The van der Waals surface area contributed by atoms with E-state index in [2.05, 4.69) is 27.4 Å². The molecule has 33 heavy (non-hydrogen) atoms. The van der Waals surface area contributed by atoms with Crippen LogP contribution in [0.1, 0.15) is 31.0 Å². The molecule has 0 unspecified atom stereocenters. The molecule has 1 saturated heterocycles. The zero-order valence-electron chi connectivity index (χ0n) is 18.8. The van der Waals surface area contributed by atoms with Crippen molar-refractivity contribution in [2.24, 2.45) is 4.99 Å². The Balaban J connectivity index is 0.00000306. The Labute approximate surface area is 211 Å². The van der Waals surface area contributed by atoms with Gasteiger partial charge in [-0.15, -0.1) is 24.0 Å². The van der Waals surface area contributed by atoms with Crippen molar-refractivity contribution in [3.05, 3.63) is 77.9 Å². The van der Waals surface area contributed by atoms with Crippen LogP contribution in [0, 0.1) is 5.82 Å². The van der Waals surface area contributed by atoms with Crippen LogP contribution in [0.2, 0.25) is 0 Å². The fourth-order valence-electron chi connectivity index (χ4n) is 3.85. The highest BCUT2D eigenvalue weighted by atomic mass is 127. The van der Waals surface area contributed by atoms with Gasteiger partial charge in [0, 0.05) is 37.8 Å². The Morgan fingerprint density at radius 3 is 2.55 bits per heavy atom. The average molecular weight is 563 g/mol. The number of nitrogens with one attached hydrogen (secondary N) is 2. The molecule has 2 N–H and O–H groups in total. The highest BCUT2D eigenvalue weighted by molar-refractivity contribution is 14.0. The Kier molecular flexibility index (Phi) is 9.68. The molecule has 3 aromatic rings. The van der Waals surface area contributed by atoms with Crippen molar-refractivity contribution in [1.82, 2.24) is 20.5 Å². The minimum Gasteiger partial charge on any atom is -0.444 e. The molecule has 0 atom stereocenters. The lowest BCUT2D eigenvalue weighted by Crippen LogP contribution is -2.48. The second-order valence-electron chi connectivity index (χ2n) is 8.03. The van der Waals surface area contributed by atoms with Gasteiger partial charge in [0.25, 0.3) is 0 Å². The summed E-state index contributed by atoms with van der Waals surface area (Å²) in [5.74, 6) is 1.23. The van der Waals surface area contributed by atoms with E-state index in [0.29, 0.717) is 18.5 Å². The van der Waals surface area contributed by atoms with Gasteiger partial charge in [-0.05, 0) is 49.6 Å². The highest BCUT2D eigenvalue weighted by Gasteiger charge is 2.20. The van der Waals surface area contributed by atoms with Gasteiger partial charge in [0.15, 0.2) is 5.96 Å². The second-order valence-corrected chi connectivity index (χ2v) is 8.03. The molecule has 1 aliphatic heterocycles. The van der Waals surface area contributed by atoms with Crippen molar-refractivity contribution < 1.29 is 8.81 Å². The van der Waals surface area contributed by atoms with Crippen LogP contribution >= 0.6 is 24.0 Å². The number of oxazole rings is 1. The standard InChI is InChI=1S/C25H30FN5O.HI/c1-2-27-25(28-16-23-18-32-24(29-23)20-6-4-3-5-7-20)30-22-12-14-31(15-13-22)17-19-8-10-21(26)11-9-19;/h3-11,18,22H,2,12-17H2,1H3,(H2,27,28,30);1H. The van der Waals surface area contributed by atoms with E-state index in [1.54, 1.807) is 6.26 Å². The van der Waals surface area contributed by atoms with Gasteiger partial charge in [0.05, 0.1) is 6.54 Å². The largest absolute Gasteiger partial charge is 0.444 e. The average Bonchev–Trinajstić information content (AvgIpc) is 3.30. The lowest BCUT2D eigenvalue weighted by molar-refractivity contribution is 0.198. The van der Waals surface area contributed by atoms with Gasteiger partial charge in [-0.1, -0.05) is 30.3 Å². The smallest absolute Gasteiger partial charge is 0.226 e. The van der Waals surface area contributed by atoms with E-state index in [1.165, 1.54) is 12.1 Å². The molecule has 1 aromatic heterocycles. The first-order valence-electron chi connectivity index (χ1n) is 11.2. The Hall–Kier alpha value is -2.46. The molecular weight excluding hydrogens is 532 g/mol. The number of benzene rings is 2. The predicted molar refractivity (Wildman–Crippen MR) is 140 cm³/mol. The maximum Gasteiger partial charge on any atom is 0.226 e. The number of piperidine rings is 1. The van der Waals surface area contributed by atoms with Crippen molar-refractivity contribution in [2.45, 2.75) is 38.9 Å². The van der Waals surface area contributed by atoms with Crippen LogP contribution in [-0.2, 0) is 13.1 Å². The molecule has 1 aliphatic rings. The van der Waals surface area contributed by atoms with Gasteiger partial charge in [-0.25, -0.2) is 14.4 Å². The predicted octanol–water partition coefficient (Wildman–Crippen LogP) is 4.82. The molecule has 176 valence electrons. The number of hydrogen-bond donors (Lipinski definition) is 2. The summed E-state index contributed by atoms with van der Waals surface area (Å²) in [6.45, 7) is 6.16. The lowest BCUT2D eigenvalue weighted by Gasteiger charge is -2.33. The maximum absolute atomic E-state index is 13.1. The summed E-state index contributed by atoms with van der Waals surface area (Å²) in [5.41, 5.74) is 2.91. The minimum atomic E-state index is -0.186. The number of aliphatic imine (C=N–C) groups is 1. The summed E-state index contributed by atoms with van der Waals surface area (Å²) in [5, 5.41) is 6.89. The van der Waals surface area contributed by atoms with Gasteiger partial charge in [0.1, 0.15) is 17.8 Å². The maximum atomic E-state index is 13.1. The van der Waals surface area contributed by atoms with Gasteiger partial charge >= 0.3 is 0 Å². The normalized spacial score (nSPS) is 15.2. The third kappa shape index (κ3) is 7.53. The van der Waals surface area contributed by atoms with Crippen molar-refractivity contribution in [1.29, 1.82) is 0 Å². The number of likely N-dealkylation sites (tertiary alicyclic amines) is 1. The van der Waals surface area contributed by atoms with Crippen LogP contribution < -0.4 is 10.6 Å². The van der Waals surface area contributed by atoms with Crippen LogP contribution in [0.5, 0.6) is 0 Å². The van der Waals surface area contributed by atoms with Gasteiger partial charge in [-0.3, -0.25) is 4.90 Å². The van der Waals surface area contributed by atoms with Crippen LogP contribution in [0.4, 0.5) is 4.39 Å². The van der Waals surface area contributed by atoms with E-state index in [4.69, 9.17) is 9.41 Å². The Bertz CT molecular complexity index is 1000. The van der Waals surface area contributed by atoms with E-state index in [9.17, 15) is 4.39 Å². The first-order chi connectivity index (χ1) is 15.7. The van der Waals surface area contributed by atoms with E-state index in [1.807, 2.05) is 42.5 Å². The topological polar surface area (TPSA) is 65.7 Å². The van der Waals surface area contributed by atoms with E-state index >= 15 is 0 Å². The fourth-order valence-corrected chi connectivity index (χ4v) is 3.85. The van der Waals surface area contributed by atoms with Crippen LogP contribution in [0.25, 0.3) is 11.5 Å². The number of guanidine groups is 1. The van der Waals surface area contributed by atoms with E-state index < -0.39 is 0 Å². The molecule has 0 saturated carbocycles. The number of aromatic nitrogens is 1. The molecule has 0 aliphatic carbocycles. The zero-order valence-corrected chi connectivity index (χ0v) is 21.2. The number of rotatable bonds is 7. The first-order valence-corrected chi connectivity index (χ1v) is 11.2. The molecule has 6 nitrogen and oxygen atoms in total. The zero-order chi connectivity index (χ0) is 22.2. The lowest BCUT2D eigenvalue weighted by atomic mass is 10.0. The molecule has 2 aromatic carbocycles. The van der Waals surface area contributed by atoms with Gasteiger partial charge in [0.2, 0.25) is 5.89 Å². The number of hydrogen-bond acceptors (Lipinski definition) is 4. The molecule has 4 rings (SSSR count). The summed E-state index contributed by atoms with van der Waals surface area (Å²) in [6, 6.07) is 17.0. The molecule has 8 heteroatoms. The van der Waals surface area contributed by atoms with Gasteiger partial charge < -0.3 is 15.1 Å². The quantitative estimate of drug-likeness (QED) is 0.245.